The number of benzene rings is 2. The van der Waals surface area contributed by atoms with Crippen LogP contribution in [0.15, 0.2) is 48.5 Å². The van der Waals surface area contributed by atoms with E-state index in [1.54, 1.807) is 6.07 Å². The van der Waals surface area contributed by atoms with E-state index in [9.17, 15) is 13.2 Å². The van der Waals surface area contributed by atoms with Crippen LogP contribution >= 0.6 is 11.6 Å². The first kappa shape index (κ1) is 17.8. The van der Waals surface area contributed by atoms with Crippen LogP contribution in [0.1, 0.15) is 30.5 Å². The molecule has 0 fully saturated rings. The third-order valence-electron chi connectivity index (χ3n) is 3.82. The van der Waals surface area contributed by atoms with Gasteiger partial charge >= 0.3 is 6.18 Å². The topological polar surface area (TPSA) is 12.0 Å². The molecule has 5 heteroatoms. The van der Waals surface area contributed by atoms with Gasteiger partial charge in [-0.05, 0) is 17.2 Å². The summed E-state index contributed by atoms with van der Waals surface area (Å²) in [5.41, 5.74) is 0.698. The third kappa shape index (κ3) is 4.49. The molecule has 0 unspecified atom stereocenters. The second-order valence-corrected chi connectivity index (χ2v) is 6.51. The normalized spacial score (nSPS) is 12.4. The van der Waals surface area contributed by atoms with E-state index < -0.39 is 11.7 Å². The van der Waals surface area contributed by atoms with Crippen LogP contribution in [0.2, 0.25) is 5.02 Å². The van der Waals surface area contributed by atoms with Gasteiger partial charge in [0.1, 0.15) is 0 Å². The van der Waals surface area contributed by atoms with Crippen molar-refractivity contribution in [2.24, 2.45) is 0 Å². The van der Waals surface area contributed by atoms with Crippen LogP contribution in [0, 0.1) is 0 Å². The highest BCUT2D eigenvalue weighted by molar-refractivity contribution is 6.32. The summed E-state index contributed by atoms with van der Waals surface area (Å²) in [5, 5.41) is 2.98. The summed E-state index contributed by atoms with van der Waals surface area (Å²) in [4.78, 5) is 0. The van der Waals surface area contributed by atoms with Crippen LogP contribution in [0.5, 0.6) is 0 Å². The second-order valence-electron chi connectivity index (χ2n) is 6.13. The first-order chi connectivity index (χ1) is 10.7. The van der Waals surface area contributed by atoms with Gasteiger partial charge in [0.25, 0.3) is 0 Å². The number of rotatable bonds is 5. The molecule has 2 aromatic carbocycles. The summed E-state index contributed by atoms with van der Waals surface area (Å²) in [5.74, 6) is 0. The van der Waals surface area contributed by atoms with Crippen molar-refractivity contribution in [2.45, 2.75) is 32.0 Å². The zero-order chi connectivity index (χ0) is 17.1. The highest BCUT2D eigenvalue weighted by atomic mass is 35.5. The van der Waals surface area contributed by atoms with E-state index in [4.69, 9.17) is 11.6 Å². The van der Waals surface area contributed by atoms with Crippen LogP contribution in [0.3, 0.4) is 0 Å². The first-order valence-corrected chi connectivity index (χ1v) is 7.70. The Morgan fingerprint density at radius 1 is 0.957 bits per heavy atom. The van der Waals surface area contributed by atoms with Gasteiger partial charge in [-0.25, -0.2) is 0 Å². The largest absolute Gasteiger partial charge is 0.417 e. The number of alkyl halides is 3. The summed E-state index contributed by atoms with van der Waals surface area (Å²) in [6.45, 7) is 5.09. The first-order valence-electron chi connectivity index (χ1n) is 7.32. The molecule has 0 aliphatic heterocycles. The molecule has 0 amide bonds. The minimum absolute atomic E-state index is 0.130. The van der Waals surface area contributed by atoms with E-state index in [2.05, 4.69) is 19.2 Å². The van der Waals surface area contributed by atoms with Gasteiger partial charge in [-0.15, -0.1) is 0 Å². The lowest BCUT2D eigenvalue weighted by molar-refractivity contribution is -0.137. The van der Waals surface area contributed by atoms with Gasteiger partial charge in [-0.2, -0.15) is 13.2 Å². The monoisotopic (exact) mass is 341 g/mol. The van der Waals surface area contributed by atoms with Gasteiger partial charge in [0.2, 0.25) is 0 Å². The van der Waals surface area contributed by atoms with Crippen molar-refractivity contribution >= 4 is 11.6 Å². The lowest BCUT2D eigenvalue weighted by Crippen LogP contribution is -2.32. The van der Waals surface area contributed by atoms with Crippen LogP contribution in [-0.4, -0.2) is 6.54 Å². The van der Waals surface area contributed by atoms with E-state index in [1.807, 2.05) is 30.3 Å². The van der Waals surface area contributed by atoms with Crippen molar-refractivity contribution in [1.29, 1.82) is 0 Å². The predicted molar refractivity (Wildman–Crippen MR) is 87.6 cm³/mol. The fourth-order valence-corrected chi connectivity index (χ4v) is 2.74. The fraction of sp³-hybridized carbons (Fsp3) is 0.333. The Balaban J connectivity index is 2.05. The molecule has 2 aromatic rings. The molecular formula is C18H19ClF3N. The fourth-order valence-electron chi connectivity index (χ4n) is 2.44. The molecule has 1 nitrogen and oxygen atoms in total. The molecule has 0 radical (unpaired) electrons. The maximum absolute atomic E-state index is 12.9. The third-order valence-corrected chi connectivity index (χ3v) is 4.27. The number of hydrogen-bond acceptors (Lipinski definition) is 1. The Bertz CT molecular complexity index is 651. The molecule has 0 saturated heterocycles. The molecule has 2 rings (SSSR count). The summed E-state index contributed by atoms with van der Waals surface area (Å²) >= 11 is 5.90. The van der Waals surface area contributed by atoms with Gasteiger partial charge in [0, 0.05) is 18.5 Å². The maximum atomic E-state index is 12.9. The molecule has 0 saturated carbocycles. The Hall–Kier alpha value is -1.52. The highest BCUT2D eigenvalue weighted by Gasteiger charge is 2.33. The summed E-state index contributed by atoms with van der Waals surface area (Å²) in [6.07, 6.45) is -4.43. The molecule has 1 N–H and O–H groups in total. The van der Waals surface area contributed by atoms with Crippen LogP contribution in [0.25, 0.3) is 0 Å². The summed E-state index contributed by atoms with van der Waals surface area (Å²) in [7, 11) is 0. The van der Waals surface area contributed by atoms with E-state index in [0.717, 1.165) is 6.07 Å². The quantitative estimate of drug-likeness (QED) is 0.765. The van der Waals surface area contributed by atoms with Crippen molar-refractivity contribution < 1.29 is 13.2 Å². The van der Waals surface area contributed by atoms with Gasteiger partial charge in [-0.3, -0.25) is 0 Å². The van der Waals surface area contributed by atoms with Gasteiger partial charge < -0.3 is 5.32 Å². The van der Waals surface area contributed by atoms with Crippen LogP contribution in [-0.2, 0) is 18.1 Å². The highest BCUT2D eigenvalue weighted by Crippen LogP contribution is 2.36. The molecule has 23 heavy (non-hydrogen) atoms. The number of halogens is 4. The molecule has 0 spiro atoms. The minimum atomic E-state index is -4.43. The molecule has 0 aliphatic rings. The predicted octanol–water partition coefficient (Wildman–Crippen LogP) is 5.43. The lowest BCUT2D eigenvalue weighted by Gasteiger charge is -2.26. The Morgan fingerprint density at radius 3 is 2.22 bits per heavy atom. The number of hydrogen-bond donors (Lipinski definition) is 1. The maximum Gasteiger partial charge on any atom is 0.417 e. The Kier molecular flexibility index (Phi) is 5.37. The average Bonchev–Trinajstić information content (AvgIpc) is 2.48. The van der Waals surface area contributed by atoms with Gasteiger partial charge in [0.05, 0.1) is 10.6 Å². The standard InChI is InChI=1S/C18H19ClF3N/c1-17(2,14-8-4-3-5-9-14)12-23-11-13-7-6-10-15(16(13)19)18(20,21)22/h3-10,23H,11-12H2,1-2H3. The average molecular weight is 342 g/mol. The van der Waals surface area contributed by atoms with Gasteiger partial charge in [0.15, 0.2) is 0 Å². The molecule has 0 aliphatic carbocycles. The van der Waals surface area contributed by atoms with E-state index in [1.165, 1.54) is 11.6 Å². The molecule has 0 heterocycles. The molecule has 0 bridgehead atoms. The van der Waals surface area contributed by atoms with Crippen LogP contribution < -0.4 is 5.32 Å². The zero-order valence-corrected chi connectivity index (χ0v) is 13.8. The van der Waals surface area contributed by atoms with Crippen molar-refractivity contribution in [3.8, 4) is 0 Å². The van der Waals surface area contributed by atoms with Crippen molar-refractivity contribution in [1.82, 2.24) is 5.32 Å². The minimum Gasteiger partial charge on any atom is -0.312 e. The summed E-state index contributed by atoms with van der Waals surface area (Å²) < 4.78 is 38.6. The summed E-state index contributed by atoms with van der Waals surface area (Å²) in [6, 6.07) is 14.0. The van der Waals surface area contributed by atoms with E-state index >= 15 is 0 Å². The smallest absolute Gasteiger partial charge is 0.312 e. The Labute approximate surface area is 139 Å². The molecule has 0 aromatic heterocycles. The van der Waals surface area contributed by atoms with E-state index in [-0.39, 0.29) is 10.4 Å². The molecule has 0 atom stereocenters. The van der Waals surface area contributed by atoms with Crippen LogP contribution in [0.4, 0.5) is 13.2 Å². The molecular weight excluding hydrogens is 323 g/mol. The van der Waals surface area contributed by atoms with Crippen molar-refractivity contribution in [3.05, 3.63) is 70.2 Å². The van der Waals surface area contributed by atoms with Gasteiger partial charge in [-0.1, -0.05) is 67.9 Å². The second kappa shape index (κ2) is 6.93. The lowest BCUT2D eigenvalue weighted by atomic mass is 9.84. The SMILES string of the molecule is CC(C)(CNCc1cccc(C(F)(F)F)c1Cl)c1ccccc1. The van der Waals surface area contributed by atoms with E-state index in [0.29, 0.717) is 18.7 Å². The van der Waals surface area contributed by atoms with Crippen molar-refractivity contribution in [3.63, 3.8) is 0 Å². The molecule has 124 valence electrons. The number of nitrogens with one attached hydrogen (secondary N) is 1. The van der Waals surface area contributed by atoms with Crippen molar-refractivity contribution in [2.75, 3.05) is 6.54 Å². The zero-order valence-electron chi connectivity index (χ0n) is 13.0. The Morgan fingerprint density at radius 2 is 1.61 bits per heavy atom.